The van der Waals surface area contributed by atoms with Gasteiger partial charge < -0.3 is 10.4 Å². The highest BCUT2D eigenvalue weighted by molar-refractivity contribution is 6.28. The van der Waals surface area contributed by atoms with Crippen LogP contribution in [0.2, 0.25) is 5.28 Å². The molecule has 2 N–H and O–H groups in total. The van der Waals surface area contributed by atoms with Crippen LogP contribution < -0.4 is 5.32 Å². The highest BCUT2D eigenvalue weighted by atomic mass is 35.5. The fourth-order valence-electron chi connectivity index (χ4n) is 1.12. The smallest absolute Gasteiger partial charge is 0.224 e. The van der Waals surface area contributed by atoms with Crippen molar-refractivity contribution in [2.24, 2.45) is 0 Å². The number of aromatic hydroxyl groups is 1. The topological polar surface area (TPSA) is 58.0 Å². The van der Waals surface area contributed by atoms with E-state index in [-0.39, 0.29) is 11.0 Å². The molecule has 4 nitrogen and oxygen atoms in total. The lowest BCUT2D eigenvalue weighted by atomic mass is 10.3. The summed E-state index contributed by atoms with van der Waals surface area (Å²) in [6, 6.07) is 8.55. The minimum Gasteiger partial charge on any atom is -0.506 e. The van der Waals surface area contributed by atoms with Gasteiger partial charge in [0.05, 0.1) is 5.69 Å². The summed E-state index contributed by atoms with van der Waals surface area (Å²) in [6.07, 6.45) is 1.54. The quantitative estimate of drug-likeness (QED) is 0.605. The predicted octanol–water partition coefficient (Wildman–Crippen LogP) is 2.58. The number of nitrogens with zero attached hydrogens (tertiary/aromatic N) is 2. The molecular formula is C10H8ClN3O. The van der Waals surface area contributed by atoms with E-state index in [1.807, 2.05) is 6.07 Å². The number of anilines is 2. The molecule has 0 spiro atoms. The Balaban J connectivity index is 2.26. The van der Waals surface area contributed by atoms with Gasteiger partial charge in [-0.25, -0.2) is 9.97 Å². The number of hydrogen-bond acceptors (Lipinski definition) is 4. The van der Waals surface area contributed by atoms with E-state index in [2.05, 4.69) is 15.3 Å². The van der Waals surface area contributed by atoms with Crippen LogP contribution in [-0.2, 0) is 0 Å². The van der Waals surface area contributed by atoms with Crippen LogP contribution >= 0.6 is 11.6 Å². The van der Waals surface area contributed by atoms with Crippen molar-refractivity contribution in [1.82, 2.24) is 9.97 Å². The molecule has 1 aromatic carbocycles. The third-order valence-electron chi connectivity index (χ3n) is 1.79. The molecule has 0 atom stereocenters. The first-order valence-corrected chi connectivity index (χ1v) is 4.67. The second-order valence-corrected chi connectivity index (χ2v) is 3.19. The van der Waals surface area contributed by atoms with Crippen molar-refractivity contribution in [2.75, 3.05) is 5.32 Å². The molecule has 5 heteroatoms. The van der Waals surface area contributed by atoms with Crippen molar-refractivity contribution >= 4 is 23.1 Å². The molecule has 76 valence electrons. The van der Waals surface area contributed by atoms with E-state index < -0.39 is 0 Å². The highest BCUT2D eigenvalue weighted by Gasteiger charge is 2.01. The number of aromatic nitrogens is 2. The van der Waals surface area contributed by atoms with Gasteiger partial charge in [-0.1, -0.05) is 12.1 Å². The molecule has 1 heterocycles. The number of hydrogen-bond donors (Lipinski definition) is 2. The van der Waals surface area contributed by atoms with Crippen LogP contribution in [-0.4, -0.2) is 15.1 Å². The van der Waals surface area contributed by atoms with Crippen LogP contribution in [0.3, 0.4) is 0 Å². The van der Waals surface area contributed by atoms with Crippen molar-refractivity contribution in [1.29, 1.82) is 0 Å². The van der Waals surface area contributed by atoms with E-state index in [0.29, 0.717) is 11.5 Å². The molecule has 2 rings (SSSR count). The Morgan fingerprint density at radius 1 is 1.20 bits per heavy atom. The number of para-hydroxylation sites is 2. The Kier molecular flexibility index (Phi) is 2.69. The largest absolute Gasteiger partial charge is 0.506 e. The van der Waals surface area contributed by atoms with Gasteiger partial charge in [0.25, 0.3) is 0 Å². The third kappa shape index (κ3) is 2.35. The van der Waals surface area contributed by atoms with Crippen molar-refractivity contribution in [2.45, 2.75) is 0 Å². The zero-order valence-corrected chi connectivity index (χ0v) is 8.44. The van der Waals surface area contributed by atoms with E-state index >= 15 is 0 Å². The minimum atomic E-state index is 0.159. The summed E-state index contributed by atoms with van der Waals surface area (Å²) in [6.45, 7) is 0. The SMILES string of the molecule is Oc1ccccc1Nc1ccnc(Cl)n1. The Morgan fingerprint density at radius 3 is 2.73 bits per heavy atom. The molecule has 0 bridgehead atoms. The molecule has 0 aliphatic heterocycles. The van der Waals surface area contributed by atoms with E-state index in [1.165, 1.54) is 6.20 Å². The maximum absolute atomic E-state index is 9.50. The molecule has 2 aromatic rings. The minimum absolute atomic E-state index is 0.159. The van der Waals surface area contributed by atoms with E-state index in [1.54, 1.807) is 24.3 Å². The fourth-order valence-corrected chi connectivity index (χ4v) is 1.27. The van der Waals surface area contributed by atoms with E-state index in [0.717, 1.165) is 0 Å². The maximum Gasteiger partial charge on any atom is 0.224 e. The lowest BCUT2D eigenvalue weighted by Gasteiger charge is -2.06. The standard InChI is InChI=1S/C10H8ClN3O/c11-10-12-6-5-9(14-10)13-7-3-1-2-4-8(7)15/h1-6,15H,(H,12,13,14). The number of phenolic OH excluding ortho intramolecular Hbond substituents is 1. The first-order chi connectivity index (χ1) is 7.25. The molecule has 0 saturated heterocycles. The van der Waals surface area contributed by atoms with Gasteiger partial charge in [0.15, 0.2) is 0 Å². The number of nitrogens with one attached hydrogen (secondary N) is 1. The van der Waals surface area contributed by atoms with Gasteiger partial charge in [0.1, 0.15) is 11.6 Å². The van der Waals surface area contributed by atoms with Gasteiger partial charge >= 0.3 is 0 Å². The molecule has 0 aliphatic rings. The summed E-state index contributed by atoms with van der Waals surface area (Å²) in [7, 11) is 0. The summed E-state index contributed by atoms with van der Waals surface area (Å²) in [5, 5.41) is 12.6. The number of rotatable bonds is 2. The number of phenols is 1. The summed E-state index contributed by atoms with van der Waals surface area (Å²) in [5.41, 5.74) is 0.576. The average Bonchev–Trinajstić information content (AvgIpc) is 2.22. The van der Waals surface area contributed by atoms with Gasteiger partial charge in [0, 0.05) is 6.20 Å². The molecule has 0 aliphatic carbocycles. The normalized spacial score (nSPS) is 9.93. The van der Waals surface area contributed by atoms with Crippen LogP contribution in [0.25, 0.3) is 0 Å². The van der Waals surface area contributed by atoms with Crippen LogP contribution in [0.4, 0.5) is 11.5 Å². The summed E-state index contributed by atoms with van der Waals surface area (Å²) in [4.78, 5) is 7.70. The van der Waals surface area contributed by atoms with Gasteiger partial charge in [-0.2, -0.15) is 0 Å². The molecule has 0 fully saturated rings. The van der Waals surface area contributed by atoms with Gasteiger partial charge in [-0.3, -0.25) is 0 Å². The lowest BCUT2D eigenvalue weighted by Crippen LogP contribution is -1.94. The molecule has 0 saturated carbocycles. The van der Waals surface area contributed by atoms with E-state index in [9.17, 15) is 5.11 Å². The molecule has 1 aromatic heterocycles. The van der Waals surface area contributed by atoms with E-state index in [4.69, 9.17) is 11.6 Å². The first-order valence-electron chi connectivity index (χ1n) is 4.29. The van der Waals surface area contributed by atoms with Crippen molar-refractivity contribution < 1.29 is 5.11 Å². The van der Waals surface area contributed by atoms with Gasteiger partial charge in [-0.05, 0) is 29.8 Å². The molecule has 0 radical (unpaired) electrons. The Bertz CT molecular complexity index is 476. The monoisotopic (exact) mass is 221 g/mol. The zero-order valence-electron chi connectivity index (χ0n) is 7.68. The average molecular weight is 222 g/mol. The van der Waals surface area contributed by atoms with Crippen molar-refractivity contribution in [3.05, 3.63) is 41.8 Å². The zero-order chi connectivity index (χ0) is 10.7. The highest BCUT2D eigenvalue weighted by Crippen LogP contribution is 2.24. The van der Waals surface area contributed by atoms with Gasteiger partial charge in [-0.15, -0.1) is 0 Å². The predicted molar refractivity (Wildman–Crippen MR) is 58.4 cm³/mol. The molecule has 15 heavy (non-hydrogen) atoms. The second-order valence-electron chi connectivity index (χ2n) is 2.85. The molecule has 0 amide bonds. The van der Waals surface area contributed by atoms with Crippen LogP contribution in [0, 0.1) is 0 Å². The Hall–Kier alpha value is -1.81. The lowest BCUT2D eigenvalue weighted by molar-refractivity contribution is 0.477. The van der Waals surface area contributed by atoms with Crippen molar-refractivity contribution in [3.8, 4) is 5.75 Å². The Labute approximate surface area is 91.6 Å². The maximum atomic E-state index is 9.50. The van der Waals surface area contributed by atoms with Crippen molar-refractivity contribution in [3.63, 3.8) is 0 Å². The molecular weight excluding hydrogens is 214 g/mol. The van der Waals surface area contributed by atoms with Crippen LogP contribution in [0.5, 0.6) is 5.75 Å². The number of benzene rings is 1. The first kappa shape index (κ1) is 9.73. The summed E-state index contributed by atoms with van der Waals surface area (Å²) < 4.78 is 0. The second kappa shape index (κ2) is 4.14. The van der Waals surface area contributed by atoms with Crippen LogP contribution in [0.15, 0.2) is 36.5 Å². The third-order valence-corrected chi connectivity index (χ3v) is 1.98. The number of halogens is 1. The molecule has 0 unspecified atom stereocenters. The van der Waals surface area contributed by atoms with Crippen LogP contribution in [0.1, 0.15) is 0 Å². The summed E-state index contributed by atoms with van der Waals surface area (Å²) >= 11 is 5.63. The Morgan fingerprint density at radius 2 is 2.00 bits per heavy atom. The fraction of sp³-hybridized carbons (Fsp3) is 0. The van der Waals surface area contributed by atoms with Gasteiger partial charge in [0.2, 0.25) is 5.28 Å². The summed E-state index contributed by atoms with van der Waals surface area (Å²) in [5.74, 6) is 0.698.